The molecular weight excluding hydrogens is 378 g/mol. The largest absolute Gasteiger partial charge is 0.443 e. The Kier molecular flexibility index (Phi) is 4.72. The summed E-state index contributed by atoms with van der Waals surface area (Å²) >= 11 is 1.10. The number of hydrogen-bond acceptors (Lipinski definition) is 6. The highest BCUT2D eigenvalue weighted by Crippen LogP contribution is 2.30. The van der Waals surface area contributed by atoms with Gasteiger partial charge in [-0.25, -0.2) is 9.78 Å². The lowest BCUT2D eigenvalue weighted by Gasteiger charge is -2.17. The van der Waals surface area contributed by atoms with Crippen molar-refractivity contribution in [3.8, 4) is 0 Å². The summed E-state index contributed by atoms with van der Waals surface area (Å²) < 4.78 is 5.61. The summed E-state index contributed by atoms with van der Waals surface area (Å²) in [6.07, 6.45) is 0.821. The van der Waals surface area contributed by atoms with E-state index in [1.165, 1.54) is 0 Å². The number of hydrogen-bond donors (Lipinski definition) is 2. The number of aryl methyl sites for hydroxylation is 2. The number of rotatable bonds is 5. The number of esters is 1. The average Bonchev–Trinajstić information content (AvgIpc) is 3.41. The summed E-state index contributed by atoms with van der Waals surface area (Å²) in [5.74, 6) is -0.505. The molecule has 1 amide bonds. The molecule has 0 radical (unpaired) electrons. The summed E-state index contributed by atoms with van der Waals surface area (Å²) in [5.41, 5.74) is 0.814. The van der Waals surface area contributed by atoms with Crippen LogP contribution in [0.5, 0.6) is 0 Å². The van der Waals surface area contributed by atoms with E-state index in [2.05, 4.69) is 15.3 Å². The van der Waals surface area contributed by atoms with Gasteiger partial charge < -0.3 is 15.0 Å². The first kappa shape index (κ1) is 18.4. The molecule has 0 saturated heterocycles. The van der Waals surface area contributed by atoms with Crippen LogP contribution in [0.4, 0.5) is 0 Å². The minimum absolute atomic E-state index is 0.147. The van der Waals surface area contributed by atoms with Gasteiger partial charge in [-0.3, -0.25) is 9.59 Å². The van der Waals surface area contributed by atoms with Gasteiger partial charge >= 0.3 is 5.97 Å². The Balaban J connectivity index is 1.67. The van der Waals surface area contributed by atoms with E-state index in [9.17, 15) is 14.4 Å². The zero-order chi connectivity index (χ0) is 19.8. The van der Waals surface area contributed by atoms with Crippen LogP contribution < -0.4 is 10.9 Å². The van der Waals surface area contributed by atoms with Crippen LogP contribution in [-0.4, -0.2) is 27.9 Å². The molecule has 2 N–H and O–H groups in total. The first-order valence-electron chi connectivity index (χ1n) is 9.00. The van der Waals surface area contributed by atoms with Gasteiger partial charge in [-0.15, -0.1) is 11.3 Å². The van der Waals surface area contributed by atoms with E-state index < -0.39 is 12.1 Å². The topological polar surface area (TPSA) is 101 Å². The van der Waals surface area contributed by atoms with Crippen molar-refractivity contribution < 1.29 is 14.3 Å². The third kappa shape index (κ3) is 3.55. The van der Waals surface area contributed by atoms with Gasteiger partial charge in [0, 0.05) is 11.6 Å². The highest BCUT2D eigenvalue weighted by molar-refractivity contribution is 7.20. The maximum atomic E-state index is 12.9. The number of aromatic amines is 1. The number of carbonyl (C=O) groups is 2. The number of H-pyrrole nitrogens is 1. The average molecular weight is 397 g/mol. The fraction of sp³-hybridized carbons (Fsp3) is 0.300. The smallest absolute Gasteiger partial charge is 0.349 e. The molecule has 2 aromatic heterocycles. The van der Waals surface area contributed by atoms with Crippen LogP contribution >= 0.6 is 11.3 Å². The Morgan fingerprint density at radius 1 is 1.25 bits per heavy atom. The number of amides is 1. The molecule has 0 spiro atoms. The van der Waals surface area contributed by atoms with Gasteiger partial charge in [-0.05, 0) is 32.3 Å². The van der Waals surface area contributed by atoms with Crippen LogP contribution in [0.1, 0.15) is 45.6 Å². The molecule has 28 heavy (non-hydrogen) atoms. The van der Waals surface area contributed by atoms with Crippen molar-refractivity contribution in [1.29, 1.82) is 0 Å². The fourth-order valence-corrected chi connectivity index (χ4v) is 4.12. The van der Waals surface area contributed by atoms with Crippen molar-refractivity contribution >= 4 is 33.4 Å². The van der Waals surface area contributed by atoms with E-state index in [-0.39, 0.29) is 22.4 Å². The first-order valence-corrected chi connectivity index (χ1v) is 9.82. The van der Waals surface area contributed by atoms with Gasteiger partial charge in [0.25, 0.3) is 11.5 Å². The van der Waals surface area contributed by atoms with Crippen LogP contribution in [0.2, 0.25) is 0 Å². The molecule has 1 fully saturated rings. The monoisotopic (exact) mass is 397 g/mol. The second-order valence-electron chi connectivity index (χ2n) is 6.87. The number of nitrogens with one attached hydrogen (secondary N) is 2. The highest BCUT2D eigenvalue weighted by Gasteiger charge is 2.32. The Bertz CT molecular complexity index is 1120. The van der Waals surface area contributed by atoms with E-state index in [4.69, 9.17) is 4.74 Å². The quantitative estimate of drug-likeness (QED) is 0.645. The van der Waals surface area contributed by atoms with E-state index in [1.807, 2.05) is 6.07 Å². The second kappa shape index (κ2) is 7.20. The third-order valence-electron chi connectivity index (χ3n) is 4.59. The number of carbonyl (C=O) groups excluding carboxylic acids is 2. The Hall–Kier alpha value is -3.00. The molecule has 8 heteroatoms. The molecule has 0 bridgehead atoms. The molecule has 3 aromatic rings. The number of nitrogens with zero attached hydrogens (tertiary/aromatic N) is 1. The number of benzene rings is 1. The molecule has 0 unspecified atom stereocenters. The number of fused-ring (bicyclic) bond motifs is 1. The number of thiophene rings is 1. The molecule has 1 aliphatic carbocycles. The standard InChI is InChI=1S/C20H19N3O4S/c1-10-14-17(24)21-11(2)22-19(14)28-16(10)20(26)27-15(12-6-4-3-5-7-12)18(25)23-13-8-9-13/h3-7,13,15H,8-9H2,1-2H3,(H,23,25)(H,21,22,24)/t15-/m0/s1. The van der Waals surface area contributed by atoms with Crippen molar-refractivity contribution in [3.63, 3.8) is 0 Å². The van der Waals surface area contributed by atoms with Crippen molar-refractivity contribution in [2.75, 3.05) is 0 Å². The Labute approximate surface area is 164 Å². The Morgan fingerprint density at radius 2 is 1.96 bits per heavy atom. The van der Waals surface area contributed by atoms with E-state index >= 15 is 0 Å². The highest BCUT2D eigenvalue weighted by atomic mass is 32.1. The number of ether oxygens (including phenoxy) is 1. The predicted octanol–water partition coefficient (Wildman–Crippen LogP) is 2.78. The molecule has 4 rings (SSSR count). The van der Waals surface area contributed by atoms with Crippen molar-refractivity contribution in [1.82, 2.24) is 15.3 Å². The first-order chi connectivity index (χ1) is 13.4. The lowest BCUT2D eigenvalue weighted by Crippen LogP contribution is -2.33. The van der Waals surface area contributed by atoms with Crippen LogP contribution in [0.15, 0.2) is 35.1 Å². The minimum Gasteiger partial charge on any atom is -0.443 e. The molecule has 1 aliphatic rings. The molecule has 1 atom stereocenters. The molecule has 0 aliphatic heterocycles. The van der Waals surface area contributed by atoms with Gasteiger partial charge in [0.1, 0.15) is 15.5 Å². The van der Waals surface area contributed by atoms with Crippen LogP contribution in [0.25, 0.3) is 10.2 Å². The maximum absolute atomic E-state index is 12.9. The summed E-state index contributed by atoms with van der Waals surface area (Å²) in [6, 6.07) is 9.05. The molecule has 2 heterocycles. The molecule has 7 nitrogen and oxygen atoms in total. The molecule has 144 valence electrons. The minimum atomic E-state index is -1.05. The van der Waals surface area contributed by atoms with Gasteiger partial charge in [0.2, 0.25) is 6.10 Å². The Morgan fingerprint density at radius 3 is 2.64 bits per heavy atom. The van der Waals surface area contributed by atoms with Crippen molar-refractivity contribution in [3.05, 3.63) is 62.5 Å². The van der Waals surface area contributed by atoms with Gasteiger partial charge in [-0.1, -0.05) is 30.3 Å². The third-order valence-corrected chi connectivity index (χ3v) is 5.76. The molecular formula is C20H19N3O4S. The summed E-state index contributed by atoms with van der Waals surface area (Å²) in [7, 11) is 0. The zero-order valence-electron chi connectivity index (χ0n) is 15.4. The van der Waals surface area contributed by atoms with Crippen LogP contribution in [0.3, 0.4) is 0 Å². The zero-order valence-corrected chi connectivity index (χ0v) is 16.3. The fourth-order valence-electron chi connectivity index (χ4n) is 3.01. The lowest BCUT2D eigenvalue weighted by atomic mass is 10.1. The molecule has 1 aromatic carbocycles. The van der Waals surface area contributed by atoms with Crippen molar-refractivity contribution in [2.24, 2.45) is 0 Å². The SMILES string of the molecule is Cc1nc2sc(C(=O)O[C@H](C(=O)NC3CC3)c3ccccc3)c(C)c2c(=O)[nH]1. The maximum Gasteiger partial charge on any atom is 0.349 e. The van der Waals surface area contributed by atoms with E-state index in [1.54, 1.807) is 38.1 Å². The van der Waals surface area contributed by atoms with Gasteiger partial charge in [-0.2, -0.15) is 0 Å². The van der Waals surface area contributed by atoms with Gasteiger partial charge in [0.05, 0.1) is 5.39 Å². The molecule has 1 saturated carbocycles. The van der Waals surface area contributed by atoms with E-state index in [0.29, 0.717) is 27.2 Å². The number of aromatic nitrogens is 2. The summed E-state index contributed by atoms with van der Waals surface area (Å²) in [6.45, 7) is 3.37. The van der Waals surface area contributed by atoms with E-state index in [0.717, 1.165) is 24.2 Å². The van der Waals surface area contributed by atoms with Crippen molar-refractivity contribution in [2.45, 2.75) is 38.8 Å². The predicted molar refractivity (Wildman–Crippen MR) is 105 cm³/mol. The summed E-state index contributed by atoms with van der Waals surface area (Å²) in [5, 5.41) is 3.26. The van der Waals surface area contributed by atoms with Crippen LogP contribution in [0, 0.1) is 13.8 Å². The normalized spacial score (nSPS) is 14.6. The summed E-state index contributed by atoms with van der Waals surface area (Å²) in [4.78, 5) is 45.5. The van der Waals surface area contributed by atoms with Gasteiger partial charge in [0.15, 0.2) is 0 Å². The van der Waals surface area contributed by atoms with Crippen LogP contribution in [-0.2, 0) is 9.53 Å². The lowest BCUT2D eigenvalue weighted by molar-refractivity contribution is -0.130. The second-order valence-corrected chi connectivity index (χ2v) is 7.87.